The van der Waals surface area contributed by atoms with Crippen LogP contribution in [-0.2, 0) is 16.6 Å². The molecule has 2 aromatic rings. The fraction of sp³-hybridized carbons (Fsp3) is 0.500. The van der Waals surface area contributed by atoms with E-state index in [1.54, 1.807) is 34.0 Å². The molecule has 1 fully saturated rings. The lowest BCUT2D eigenvalue weighted by Crippen LogP contribution is -2.43. The first kappa shape index (κ1) is 20.8. The predicted molar refractivity (Wildman–Crippen MR) is 105 cm³/mol. The van der Waals surface area contributed by atoms with Gasteiger partial charge in [0.1, 0.15) is 24.8 Å². The number of methoxy groups -OCH3 is 1. The molecule has 1 N–H and O–H groups in total. The molecule has 9 nitrogen and oxygen atoms in total. The van der Waals surface area contributed by atoms with Crippen LogP contribution in [-0.4, -0.2) is 64.4 Å². The number of nitrogens with zero attached hydrogens (tertiary/aromatic N) is 4. The SMILES string of the molecule is COCC(=O)N1CCC(Oc2ccccc2C(=O)N[C@@H](C)c2nncn2C)CC1. The first-order valence-electron chi connectivity index (χ1n) is 9.66. The summed E-state index contributed by atoms with van der Waals surface area (Å²) < 4.78 is 12.8. The zero-order chi connectivity index (χ0) is 20.8. The topological polar surface area (TPSA) is 98.6 Å². The Balaban J connectivity index is 1.61. The van der Waals surface area contributed by atoms with Gasteiger partial charge in [-0.05, 0) is 19.1 Å². The van der Waals surface area contributed by atoms with Crippen LogP contribution in [0.15, 0.2) is 30.6 Å². The number of hydrogen-bond donors (Lipinski definition) is 1. The second-order valence-electron chi connectivity index (χ2n) is 7.12. The van der Waals surface area contributed by atoms with Crippen molar-refractivity contribution in [1.82, 2.24) is 25.0 Å². The summed E-state index contributed by atoms with van der Waals surface area (Å²) in [6, 6.07) is 6.89. The van der Waals surface area contributed by atoms with Crippen molar-refractivity contribution in [3.8, 4) is 5.75 Å². The first-order valence-corrected chi connectivity index (χ1v) is 9.66. The molecule has 9 heteroatoms. The molecule has 29 heavy (non-hydrogen) atoms. The minimum absolute atomic E-state index is 0.0107. The lowest BCUT2D eigenvalue weighted by molar-refractivity contribution is -0.136. The van der Waals surface area contributed by atoms with E-state index >= 15 is 0 Å². The summed E-state index contributed by atoms with van der Waals surface area (Å²) in [7, 11) is 3.35. The molecule has 0 radical (unpaired) electrons. The second kappa shape index (κ2) is 9.51. The van der Waals surface area contributed by atoms with Crippen molar-refractivity contribution in [2.75, 3.05) is 26.8 Å². The molecule has 0 unspecified atom stereocenters. The standard InChI is InChI=1S/C20H27N5O4/c1-14(19-23-21-13-24(19)2)22-20(27)16-6-4-5-7-17(16)29-15-8-10-25(11-9-15)18(26)12-28-3/h4-7,13-15H,8-12H2,1-3H3,(H,22,27)/t14-/m0/s1. The molecule has 1 aromatic carbocycles. The van der Waals surface area contributed by atoms with Crippen LogP contribution >= 0.6 is 0 Å². The zero-order valence-electron chi connectivity index (χ0n) is 17.0. The summed E-state index contributed by atoms with van der Waals surface area (Å²) in [5, 5.41) is 10.8. The van der Waals surface area contributed by atoms with Crippen molar-refractivity contribution in [1.29, 1.82) is 0 Å². The van der Waals surface area contributed by atoms with Gasteiger partial charge in [0.05, 0.1) is 11.6 Å². The summed E-state index contributed by atoms with van der Waals surface area (Å²) in [5.41, 5.74) is 0.472. The van der Waals surface area contributed by atoms with Crippen LogP contribution in [0.5, 0.6) is 5.75 Å². The summed E-state index contributed by atoms with van der Waals surface area (Å²) >= 11 is 0. The molecule has 3 rings (SSSR count). The Bertz CT molecular complexity index is 845. The normalized spacial score (nSPS) is 15.8. The average molecular weight is 401 g/mol. The van der Waals surface area contributed by atoms with E-state index in [-0.39, 0.29) is 30.6 Å². The highest BCUT2D eigenvalue weighted by molar-refractivity contribution is 5.97. The number of carbonyl (C=O) groups excluding carboxylic acids is 2. The highest BCUT2D eigenvalue weighted by atomic mass is 16.5. The Hall–Kier alpha value is -2.94. The predicted octanol–water partition coefficient (Wildman–Crippen LogP) is 1.32. The number of para-hydroxylation sites is 1. The van der Waals surface area contributed by atoms with E-state index in [1.807, 2.05) is 20.0 Å². The molecule has 2 heterocycles. The Morgan fingerprint density at radius 3 is 2.66 bits per heavy atom. The first-order chi connectivity index (χ1) is 14.0. The summed E-state index contributed by atoms with van der Waals surface area (Å²) in [5.74, 6) is 0.967. The quantitative estimate of drug-likeness (QED) is 0.751. The van der Waals surface area contributed by atoms with Gasteiger partial charge in [0.25, 0.3) is 5.91 Å². The Morgan fingerprint density at radius 1 is 1.28 bits per heavy atom. The van der Waals surface area contributed by atoms with Gasteiger partial charge in [0, 0.05) is 40.1 Å². The van der Waals surface area contributed by atoms with E-state index < -0.39 is 0 Å². The smallest absolute Gasteiger partial charge is 0.255 e. The van der Waals surface area contributed by atoms with Crippen LogP contribution < -0.4 is 10.1 Å². The lowest BCUT2D eigenvalue weighted by Gasteiger charge is -2.32. The highest BCUT2D eigenvalue weighted by Gasteiger charge is 2.25. The van der Waals surface area contributed by atoms with E-state index in [2.05, 4.69) is 15.5 Å². The molecule has 1 aromatic heterocycles. The minimum Gasteiger partial charge on any atom is -0.489 e. The van der Waals surface area contributed by atoms with Gasteiger partial charge in [-0.2, -0.15) is 0 Å². The Kier molecular flexibility index (Phi) is 6.82. The highest BCUT2D eigenvalue weighted by Crippen LogP contribution is 2.24. The fourth-order valence-corrected chi connectivity index (χ4v) is 3.40. The van der Waals surface area contributed by atoms with Crippen molar-refractivity contribution < 1.29 is 19.1 Å². The van der Waals surface area contributed by atoms with Crippen LogP contribution in [0.4, 0.5) is 0 Å². The van der Waals surface area contributed by atoms with Crippen LogP contribution in [0.1, 0.15) is 42.0 Å². The number of hydrogen-bond acceptors (Lipinski definition) is 6. The maximum atomic E-state index is 12.8. The number of nitrogens with one attached hydrogen (secondary N) is 1. The molecule has 0 bridgehead atoms. The number of likely N-dealkylation sites (tertiary alicyclic amines) is 1. The van der Waals surface area contributed by atoms with Crippen LogP contribution in [0.3, 0.4) is 0 Å². The molecular formula is C20H27N5O4. The maximum Gasteiger partial charge on any atom is 0.255 e. The third-order valence-corrected chi connectivity index (χ3v) is 4.97. The van der Waals surface area contributed by atoms with Crippen molar-refractivity contribution in [3.63, 3.8) is 0 Å². The van der Waals surface area contributed by atoms with E-state index in [4.69, 9.17) is 9.47 Å². The molecule has 1 saturated heterocycles. The molecule has 1 aliphatic rings. The van der Waals surface area contributed by atoms with Crippen LogP contribution in [0.25, 0.3) is 0 Å². The lowest BCUT2D eigenvalue weighted by atomic mass is 10.1. The van der Waals surface area contributed by atoms with E-state index in [1.165, 1.54) is 7.11 Å². The second-order valence-corrected chi connectivity index (χ2v) is 7.12. The number of carbonyl (C=O) groups is 2. The van der Waals surface area contributed by atoms with Crippen LogP contribution in [0, 0.1) is 0 Å². The molecule has 2 amide bonds. The third kappa shape index (κ3) is 5.11. The Morgan fingerprint density at radius 2 is 2.00 bits per heavy atom. The molecule has 1 aliphatic heterocycles. The minimum atomic E-state index is -0.293. The van der Waals surface area contributed by atoms with Gasteiger partial charge >= 0.3 is 0 Å². The van der Waals surface area contributed by atoms with Crippen LogP contribution in [0.2, 0.25) is 0 Å². The number of benzene rings is 1. The molecule has 0 spiro atoms. The number of rotatable bonds is 7. The fourth-order valence-electron chi connectivity index (χ4n) is 3.40. The molecule has 1 atom stereocenters. The summed E-state index contributed by atoms with van der Waals surface area (Å²) in [6.07, 6.45) is 2.96. The summed E-state index contributed by atoms with van der Waals surface area (Å²) in [4.78, 5) is 26.5. The molecular weight excluding hydrogens is 374 g/mol. The number of aromatic nitrogens is 3. The van der Waals surface area contributed by atoms with Gasteiger partial charge in [-0.3, -0.25) is 9.59 Å². The average Bonchev–Trinajstić information content (AvgIpc) is 3.15. The number of piperidine rings is 1. The molecule has 156 valence electrons. The van der Waals surface area contributed by atoms with Crippen molar-refractivity contribution in [3.05, 3.63) is 42.0 Å². The van der Waals surface area contributed by atoms with E-state index in [0.717, 1.165) is 0 Å². The largest absolute Gasteiger partial charge is 0.489 e. The van der Waals surface area contributed by atoms with E-state index in [0.29, 0.717) is 43.1 Å². The molecule has 0 aliphatic carbocycles. The number of ether oxygens (including phenoxy) is 2. The van der Waals surface area contributed by atoms with Gasteiger partial charge in [-0.1, -0.05) is 12.1 Å². The van der Waals surface area contributed by atoms with Crippen molar-refractivity contribution in [2.45, 2.75) is 31.9 Å². The van der Waals surface area contributed by atoms with Gasteiger partial charge < -0.3 is 24.3 Å². The van der Waals surface area contributed by atoms with Gasteiger partial charge in [0.2, 0.25) is 5.91 Å². The van der Waals surface area contributed by atoms with Gasteiger partial charge in [-0.25, -0.2) is 0 Å². The monoisotopic (exact) mass is 401 g/mol. The number of aryl methyl sites for hydroxylation is 1. The Labute approximate surface area is 170 Å². The van der Waals surface area contributed by atoms with E-state index in [9.17, 15) is 9.59 Å². The van der Waals surface area contributed by atoms with Crippen molar-refractivity contribution >= 4 is 11.8 Å². The van der Waals surface area contributed by atoms with Gasteiger partial charge in [-0.15, -0.1) is 10.2 Å². The third-order valence-electron chi connectivity index (χ3n) is 4.97. The van der Waals surface area contributed by atoms with Crippen molar-refractivity contribution in [2.24, 2.45) is 7.05 Å². The number of amides is 2. The molecule has 0 saturated carbocycles. The van der Waals surface area contributed by atoms with Gasteiger partial charge in [0.15, 0.2) is 5.82 Å². The maximum absolute atomic E-state index is 12.8. The summed E-state index contributed by atoms with van der Waals surface area (Å²) in [6.45, 7) is 3.19. The zero-order valence-corrected chi connectivity index (χ0v) is 17.0.